The van der Waals surface area contributed by atoms with Crippen LogP contribution in [0.25, 0.3) is 33.2 Å². The molecule has 0 bridgehead atoms. The zero-order chi connectivity index (χ0) is 20.1. The van der Waals surface area contributed by atoms with Gasteiger partial charge in [-0.1, -0.05) is 35.9 Å². The van der Waals surface area contributed by atoms with Crippen molar-refractivity contribution in [3.63, 3.8) is 0 Å². The largest absolute Gasteiger partial charge is 0.506 e. The smallest absolute Gasteiger partial charge is 0.266 e. The molecule has 140 valence electrons. The van der Waals surface area contributed by atoms with Crippen LogP contribution in [0.1, 0.15) is 5.56 Å². The van der Waals surface area contributed by atoms with Crippen LogP contribution in [0.5, 0.6) is 0 Å². The van der Waals surface area contributed by atoms with Gasteiger partial charge in [0.1, 0.15) is 11.0 Å². The first-order valence-corrected chi connectivity index (χ1v) is 9.29. The highest BCUT2D eigenvalue weighted by molar-refractivity contribution is 6.30. The number of aliphatic hydroxyl groups excluding tert-OH is 1. The van der Waals surface area contributed by atoms with Crippen molar-refractivity contribution in [2.24, 2.45) is 0 Å². The molecule has 0 atom stereocenters. The van der Waals surface area contributed by atoms with Gasteiger partial charge in [0.25, 0.3) is 5.56 Å². The first-order valence-electron chi connectivity index (χ1n) is 8.91. The average Bonchev–Trinajstić information content (AvgIpc) is 2.74. The summed E-state index contributed by atoms with van der Waals surface area (Å²) in [5, 5.41) is 12.3. The SMILES string of the molecule is O=c1/c(=C(/O)c2ccc(Cl)cc2)c2nc3ccccc3c(=O)n2c2ccccc12. The molecule has 5 aromatic rings. The number of pyridine rings is 1. The van der Waals surface area contributed by atoms with E-state index in [-0.39, 0.29) is 22.2 Å². The molecule has 0 amide bonds. The van der Waals surface area contributed by atoms with Crippen LogP contribution in [-0.4, -0.2) is 14.5 Å². The highest BCUT2D eigenvalue weighted by Gasteiger charge is 2.16. The molecule has 0 aliphatic carbocycles. The number of nitrogens with zero attached hydrogens (tertiary/aromatic N) is 2. The molecule has 5 nitrogen and oxygen atoms in total. The van der Waals surface area contributed by atoms with Gasteiger partial charge in [0, 0.05) is 16.0 Å². The summed E-state index contributed by atoms with van der Waals surface area (Å²) < 4.78 is 1.39. The number of hydrogen-bond acceptors (Lipinski definition) is 4. The molecule has 0 unspecified atom stereocenters. The summed E-state index contributed by atoms with van der Waals surface area (Å²) in [4.78, 5) is 31.2. The maximum absolute atomic E-state index is 13.3. The summed E-state index contributed by atoms with van der Waals surface area (Å²) in [6.07, 6.45) is 0. The van der Waals surface area contributed by atoms with Crippen LogP contribution >= 0.6 is 11.6 Å². The predicted molar refractivity (Wildman–Crippen MR) is 115 cm³/mol. The molecule has 29 heavy (non-hydrogen) atoms. The molecule has 0 saturated carbocycles. The fraction of sp³-hybridized carbons (Fsp3) is 0. The van der Waals surface area contributed by atoms with Gasteiger partial charge in [0.05, 0.1) is 16.4 Å². The number of hydrogen-bond donors (Lipinski definition) is 1. The molecule has 6 heteroatoms. The standard InChI is InChI=1S/C23H13ClN2O3/c24-14-11-9-13(10-12-14)20(27)19-21(28)16-6-2-4-8-18(16)26-22(19)25-17-7-3-1-5-15(17)23(26)29/h1-12,27H/b20-19-. The van der Waals surface area contributed by atoms with Gasteiger partial charge < -0.3 is 5.11 Å². The van der Waals surface area contributed by atoms with E-state index >= 15 is 0 Å². The second kappa shape index (κ2) is 6.43. The van der Waals surface area contributed by atoms with Crippen LogP contribution in [0.4, 0.5) is 0 Å². The van der Waals surface area contributed by atoms with E-state index in [2.05, 4.69) is 4.98 Å². The Hall–Kier alpha value is -3.70. The maximum Gasteiger partial charge on any atom is 0.266 e. The fourth-order valence-electron chi connectivity index (χ4n) is 3.59. The number of benzene rings is 3. The van der Waals surface area contributed by atoms with Crippen molar-refractivity contribution in [2.45, 2.75) is 0 Å². The van der Waals surface area contributed by atoms with Crippen LogP contribution in [0.2, 0.25) is 5.02 Å². The maximum atomic E-state index is 13.3. The Kier molecular flexibility index (Phi) is 3.86. The topological polar surface area (TPSA) is 71.7 Å². The summed E-state index contributed by atoms with van der Waals surface area (Å²) in [6, 6.07) is 20.2. The quantitative estimate of drug-likeness (QED) is 0.345. The third-order valence-corrected chi connectivity index (χ3v) is 5.22. The molecule has 2 aromatic heterocycles. The summed E-state index contributed by atoms with van der Waals surface area (Å²) in [5.41, 5.74) is 0.735. The molecule has 3 aromatic carbocycles. The lowest BCUT2D eigenvalue weighted by Gasteiger charge is -2.09. The van der Waals surface area contributed by atoms with E-state index in [0.717, 1.165) is 0 Å². The van der Waals surface area contributed by atoms with Crippen molar-refractivity contribution in [1.29, 1.82) is 0 Å². The number of fused-ring (bicyclic) bond motifs is 4. The molecule has 0 radical (unpaired) electrons. The molecule has 0 spiro atoms. The van der Waals surface area contributed by atoms with Crippen LogP contribution in [0.15, 0.2) is 82.4 Å². The molecule has 0 saturated heterocycles. The molecule has 2 heterocycles. The third kappa shape index (κ3) is 2.59. The normalized spacial score (nSPS) is 12.6. The lowest BCUT2D eigenvalue weighted by atomic mass is 10.1. The van der Waals surface area contributed by atoms with E-state index in [1.807, 2.05) is 0 Å². The van der Waals surface area contributed by atoms with Gasteiger partial charge in [-0.25, -0.2) is 4.98 Å². The Balaban J connectivity index is 2.13. The van der Waals surface area contributed by atoms with Crippen molar-refractivity contribution in [1.82, 2.24) is 9.38 Å². The molecule has 1 N–H and O–H groups in total. The Bertz CT molecular complexity index is 1610. The van der Waals surface area contributed by atoms with Gasteiger partial charge in [-0.3, -0.25) is 14.0 Å². The predicted octanol–water partition coefficient (Wildman–Crippen LogP) is 3.45. The Morgan fingerprint density at radius 3 is 2.28 bits per heavy atom. The first kappa shape index (κ1) is 17.4. The number of rotatable bonds is 1. The Labute approximate surface area is 168 Å². The minimum absolute atomic E-state index is 0.0196. The van der Waals surface area contributed by atoms with E-state index in [9.17, 15) is 14.7 Å². The van der Waals surface area contributed by atoms with Gasteiger partial charge >= 0.3 is 0 Å². The Morgan fingerprint density at radius 1 is 0.862 bits per heavy atom. The zero-order valence-corrected chi connectivity index (χ0v) is 15.7. The number of aliphatic hydroxyl groups is 1. The highest BCUT2D eigenvalue weighted by Crippen LogP contribution is 2.16. The second-order valence-electron chi connectivity index (χ2n) is 6.67. The highest BCUT2D eigenvalue weighted by atomic mass is 35.5. The molecular formula is C23H13ClN2O3. The monoisotopic (exact) mass is 400 g/mol. The third-order valence-electron chi connectivity index (χ3n) is 4.97. The summed E-state index contributed by atoms with van der Waals surface area (Å²) in [5.74, 6) is -0.253. The van der Waals surface area contributed by atoms with Crippen molar-refractivity contribution in [2.75, 3.05) is 0 Å². The van der Waals surface area contributed by atoms with Gasteiger partial charge in [-0.15, -0.1) is 0 Å². The van der Waals surface area contributed by atoms with Crippen LogP contribution in [-0.2, 0) is 0 Å². The number of para-hydroxylation sites is 2. The minimum Gasteiger partial charge on any atom is -0.506 e. The Morgan fingerprint density at radius 2 is 1.52 bits per heavy atom. The van der Waals surface area contributed by atoms with E-state index in [4.69, 9.17) is 11.6 Å². The fourth-order valence-corrected chi connectivity index (χ4v) is 3.71. The van der Waals surface area contributed by atoms with E-state index in [1.54, 1.807) is 72.8 Å². The molecular weight excluding hydrogens is 388 g/mol. The lowest BCUT2D eigenvalue weighted by Crippen LogP contribution is -2.34. The average molecular weight is 401 g/mol. The van der Waals surface area contributed by atoms with Crippen molar-refractivity contribution in [3.05, 3.63) is 109 Å². The van der Waals surface area contributed by atoms with E-state index in [0.29, 0.717) is 32.4 Å². The first-order chi connectivity index (χ1) is 14.1. The van der Waals surface area contributed by atoms with Gasteiger partial charge in [-0.2, -0.15) is 0 Å². The van der Waals surface area contributed by atoms with Crippen LogP contribution < -0.4 is 16.2 Å². The lowest BCUT2D eigenvalue weighted by molar-refractivity contribution is 0.507. The number of aromatic nitrogens is 2. The zero-order valence-electron chi connectivity index (χ0n) is 15.0. The van der Waals surface area contributed by atoms with Crippen LogP contribution in [0.3, 0.4) is 0 Å². The van der Waals surface area contributed by atoms with E-state index < -0.39 is 5.43 Å². The molecule has 0 aliphatic rings. The van der Waals surface area contributed by atoms with Crippen molar-refractivity contribution >= 4 is 44.8 Å². The minimum atomic E-state index is -0.393. The van der Waals surface area contributed by atoms with E-state index in [1.165, 1.54) is 4.40 Å². The number of halogens is 1. The molecule has 5 rings (SSSR count). The summed E-state index contributed by atoms with van der Waals surface area (Å²) in [7, 11) is 0. The van der Waals surface area contributed by atoms with Crippen molar-refractivity contribution < 1.29 is 5.11 Å². The van der Waals surface area contributed by atoms with Gasteiger partial charge in [0.2, 0.25) is 5.43 Å². The second-order valence-corrected chi connectivity index (χ2v) is 7.11. The molecule has 0 fully saturated rings. The summed E-state index contributed by atoms with van der Waals surface area (Å²) in [6.45, 7) is 0. The molecule has 0 aliphatic heterocycles. The van der Waals surface area contributed by atoms with Crippen LogP contribution in [0, 0.1) is 0 Å². The summed E-state index contributed by atoms with van der Waals surface area (Å²) >= 11 is 5.94. The van der Waals surface area contributed by atoms with Crippen molar-refractivity contribution in [3.8, 4) is 0 Å². The van der Waals surface area contributed by atoms with Gasteiger partial charge in [0.15, 0.2) is 5.65 Å². The van der Waals surface area contributed by atoms with Gasteiger partial charge in [-0.05, 0) is 48.5 Å².